The molecule has 0 amide bonds. The van der Waals surface area contributed by atoms with Crippen molar-refractivity contribution in [1.82, 2.24) is 0 Å². The summed E-state index contributed by atoms with van der Waals surface area (Å²) in [6, 6.07) is 0. The molecule has 58 heavy (non-hydrogen) atoms. The Morgan fingerprint density at radius 1 is 0.534 bits per heavy atom. The summed E-state index contributed by atoms with van der Waals surface area (Å²) >= 11 is 0. The third-order valence-electron chi connectivity index (χ3n) is 9.05. The van der Waals surface area contributed by atoms with Crippen LogP contribution >= 0.6 is 7.82 Å². The van der Waals surface area contributed by atoms with E-state index < -0.39 is 32.5 Å². The first-order valence-electron chi connectivity index (χ1n) is 22.6. The summed E-state index contributed by atoms with van der Waals surface area (Å²) in [6.07, 6.45) is 55.2. The van der Waals surface area contributed by atoms with Crippen molar-refractivity contribution in [1.29, 1.82) is 0 Å². The highest BCUT2D eigenvalue weighted by Gasteiger charge is 2.26. The topological polar surface area (TPSA) is 134 Å². The van der Waals surface area contributed by atoms with Crippen LogP contribution in [-0.2, 0) is 32.7 Å². The summed E-state index contributed by atoms with van der Waals surface area (Å²) in [5.41, 5.74) is 5.33. The second kappa shape index (κ2) is 43.8. The number of carbonyl (C=O) groups is 2. The van der Waals surface area contributed by atoms with Gasteiger partial charge >= 0.3 is 19.8 Å². The van der Waals surface area contributed by atoms with Crippen molar-refractivity contribution >= 4 is 19.8 Å². The molecule has 332 valence electrons. The number of allylic oxidation sites excluding steroid dienone is 14. The summed E-state index contributed by atoms with van der Waals surface area (Å²) in [4.78, 5) is 34.6. The monoisotopic (exact) mass is 832 g/mol. The van der Waals surface area contributed by atoms with Crippen LogP contribution in [0.5, 0.6) is 0 Å². The lowest BCUT2D eigenvalue weighted by molar-refractivity contribution is -0.161. The highest BCUT2D eigenvalue weighted by atomic mass is 31.2. The van der Waals surface area contributed by atoms with E-state index in [9.17, 15) is 19.0 Å². The third-order valence-corrected chi connectivity index (χ3v) is 10.0. The Hall–Kier alpha value is -2.81. The van der Waals surface area contributed by atoms with Gasteiger partial charge < -0.3 is 20.1 Å². The molecule has 0 aromatic heterocycles. The van der Waals surface area contributed by atoms with Gasteiger partial charge in [0, 0.05) is 19.4 Å². The van der Waals surface area contributed by atoms with Gasteiger partial charge in [-0.3, -0.25) is 18.6 Å². The Labute approximate surface area is 354 Å². The largest absolute Gasteiger partial charge is 0.472 e. The van der Waals surface area contributed by atoms with Crippen LogP contribution in [0, 0.1) is 0 Å². The Morgan fingerprint density at radius 3 is 1.41 bits per heavy atom. The molecule has 0 aliphatic heterocycles. The molecule has 3 N–H and O–H groups in total. The highest BCUT2D eigenvalue weighted by molar-refractivity contribution is 7.47. The minimum Gasteiger partial charge on any atom is -0.462 e. The number of hydrogen-bond donors (Lipinski definition) is 2. The van der Waals surface area contributed by atoms with E-state index in [0.717, 1.165) is 103 Å². The molecule has 2 atom stereocenters. The maximum Gasteiger partial charge on any atom is 0.472 e. The predicted octanol–water partition coefficient (Wildman–Crippen LogP) is 13.2. The molecule has 2 unspecified atom stereocenters. The van der Waals surface area contributed by atoms with Crippen molar-refractivity contribution in [3.63, 3.8) is 0 Å². The van der Waals surface area contributed by atoms with Crippen LogP contribution in [0.2, 0.25) is 0 Å². The van der Waals surface area contributed by atoms with Crippen LogP contribution in [0.1, 0.15) is 174 Å². The summed E-state index contributed by atoms with van der Waals surface area (Å²) in [7, 11) is -4.37. The first-order chi connectivity index (χ1) is 28.3. The molecule has 0 saturated heterocycles. The number of phosphoric acid groups is 1. The van der Waals surface area contributed by atoms with E-state index in [-0.39, 0.29) is 32.6 Å². The number of phosphoric ester groups is 1. The van der Waals surface area contributed by atoms with Gasteiger partial charge in [-0.25, -0.2) is 4.57 Å². The minimum atomic E-state index is -4.37. The zero-order valence-electron chi connectivity index (χ0n) is 36.5. The molecular weight excluding hydrogens is 750 g/mol. The Bertz CT molecular complexity index is 1220. The maximum absolute atomic E-state index is 12.5. The van der Waals surface area contributed by atoms with E-state index in [1.807, 2.05) is 0 Å². The second-order valence-corrected chi connectivity index (χ2v) is 16.0. The fourth-order valence-electron chi connectivity index (χ4n) is 5.73. The number of ether oxygens (including phenoxy) is 2. The molecule has 9 nitrogen and oxygen atoms in total. The van der Waals surface area contributed by atoms with Gasteiger partial charge in [0.2, 0.25) is 0 Å². The molecular formula is C48H82NO8P. The van der Waals surface area contributed by atoms with Crippen LogP contribution in [-0.4, -0.2) is 49.3 Å². The molecule has 0 aliphatic rings. The average molecular weight is 832 g/mol. The van der Waals surface area contributed by atoms with E-state index in [1.54, 1.807) is 0 Å². The van der Waals surface area contributed by atoms with Crippen molar-refractivity contribution < 1.29 is 37.6 Å². The molecule has 0 aromatic carbocycles. The standard InChI is InChI=1S/C48H82NO8P/c1-3-5-7-9-11-12-13-14-15-16-17-18-19-20-21-22-23-24-25-26-27-28-29-30-31-32-33-34-35-37-39-41-48(51)57-46(45-56-58(52,53)55-43-42-49)44-54-47(50)40-38-36-10-8-6-4-2/h5,7,11-12,14-15,17-18,20-21,23-24,26-27,46H,3-4,6,8-10,13,16,19,22,25,28-45,49H2,1-2H3,(H,52,53)/b7-5-,12-11-,15-14-,18-17-,21-20-,24-23-,27-26-. The predicted molar refractivity (Wildman–Crippen MR) is 242 cm³/mol. The van der Waals surface area contributed by atoms with Crippen molar-refractivity contribution in [2.45, 2.75) is 180 Å². The summed E-state index contributed by atoms with van der Waals surface area (Å²) in [5, 5.41) is 0. The van der Waals surface area contributed by atoms with Crippen LogP contribution in [0.15, 0.2) is 85.1 Å². The van der Waals surface area contributed by atoms with E-state index in [0.29, 0.717) is 6.42 Å². The van der Waals surface area contributed by atoms with Gasteiger partial charge in [-0.05, 0) is 70.6 Å². The van der Waals surface area contributed by atoms with Crippen molar-refractivity contribution in [3.05, 3.63) is 85.1 Å². The van der Waals surface area contributed by atoms with Gasteiger partial charge in [0.25, 0.3) is 0 Å². The number of rotatable bonds is 41. The summed E-state index contributed by atoms with van der Waals surface area (Å²) < 4.78 is 32.6. The van der Waals surface area contributed by atoms with Crippen molar-refractivity contribution in [2.75, 3.05) is 26.4 Å². The fourth-order valence-corrected chi connectivity index (χ4v) is 6.50. The Morgan fingerprint density at radius 2 is 0.948 bits per heavy atom. The van der Waals surface area contributed by atoms with Crippen LogP contribution < -0.4 is 5.73 Å². The van der Waals surface area contributed by atoms with Gasteiger partial charge in [0.05, 0.1) is 13.2 Å². The van der Waals surface area contributed by atoms with E-state index in [2.05, 4.69) is 98.9 Å². The molecule has 0 aliphatic carbocycles. The lowest BCUT2D eigenvalue weighted by Crippen LogP contribution is -2.29. The van der Waals surface area contributed by atoms with E-state index in [4.69, 9.17) is 24.3 Å². The number of carbonyl (C=O) groups excluding carboxylic acids is 2. The summed E-state index contributed by atoms with van der Waals surface area (Å²) in [5.74, 6) is -0.852. The van der Waals surface area contributed by atoms with Gasteiger partial charge in [0.1, 0.15) is 6.61 Å². The number of unbranched alkanes of at least 4 members (excludes halogenated alkanes) is 14. The lowest BCUT2D eigenvalue weighted by atomic mass is 10.1. The quantitative estimate of drug-likeness (QED) is 0.0267. The third kappa shape index (κ3) is 42.8. The first-order valence-corrected chi connectivity index (χ1v) is 24.1. The van der Waals surface area contributed by atoms with Gasteiger partial charge in [-0.1, -0.05) is 176 Å². The van der Waals surface area contributed by atoms with Crippen molar-refractivity contribution in [3.8, 4) is 0 Å². The van der Waals surface area contributed by atoms with Gasteiger partial charge in [0.15, 0.2) is 6.10 Å². The maximum atomic E-state index is 12.5. The molecule has 0 fully saturated rings. The van der Waals surface area contributed by atoms with Crippen molar-refractivity contribution in [2.24, 2.45) is 5.73 Å². The average Bonchev–Trinajstić information content (AvgIpc) is 3.21. The Kier molecular flexibility index (Phi) is 41.6. The first kappa shape index (κ1) is 55.2. The molecule has 0 saturated carbocycles. The number of hydrogen-bond acceptors (Lipinski definition) is 8. The molecule has 0 rings (SSSR count). The zero-order valence-corrected chi connectivity index (χ0v) is 37.4. The van der Waals surface area contributed by atoms with E-state index in [1.165, 1.54) is 38.5 Å². The fraction of sp³-hybridized carbons (Fsp3) is 0.667. The zero-order chi connectivity index (χ0) is 42.5. The smallest absolute Gasteiger partial charge is 0.462 e. The molecule has 0 radical (unpaired) electrons. The SMILES string of the molecule is CC/C=C\C/C=C\C/C=C\C/C=C\C/C=C\C/C=C\C/C=C\CCCCCCCCCCCC(=O)OC(COC(=O)CCCCCCCC)COP(=O)(O)OCCN. The highest BCUT2D eigenvalue weighted by Crippen LogP contribution is 2.43. The Balaban J connectivity index is 3.95. The van der Waals surface area contributed by atoms with Gasteiger partial charge in [-0.15, -0.1) is 0 Å². The normalized spacial score (nSPS) is 14.1. The molecule has 0 aromatic rings. The van der Waals surface area contributed by atoms with Crippen LogP contribution in [0.25, 0.3) is 0 Å². The van der Waals surface area contributed by atoms with Gasteiger partial charge in [-0.2, -0.15) is 0 Å². The second-order valence-electron chi connectivity index (χ2n) is 14.5. The molecule has 0 spiro atoms. The minimum absolute atomic E-state index is 0.0491. The lowest BCUT2D eigenvalue weighted by Gasteiger charge is -2.19. The molecule has 0 heterocycles. The van der Waals surface area contributed by atoms with E-state index >= 15 is 0 Å². The molecule has 0 bridgehead atoms. The van der Waals surface area contributed by atoms with Crippen LogP contribution in [0.4, 0.5) is 0 Å². The molecule has 10 heteroatoms. The van der Waals surface area contributed by atoms with Crippen LogP contribution in [0.3, 0.4) is 0 Å². The summed E-state index contributed by atoms with van der Waals surface area (Å²) in [6.45, 7) is 3.52. The number of esters is 2. The number of nitrogens with two attached hydrogens (primary N) is 1.